The van der Waals surface area contributed by atoms with Gasteiger partial charge in [-0.2, -0.15) is 0 Å². The Kier molecular flexibility index (Phi) is 5.04. The van der Waals surface area contributed by atoms with Gasteiger partial charge in [0.1, 0.15) is 3.72 Å². The van der Waals surface area contributed by atoms with Gasteiger partial charge < -0.3 is 0 Å². The molecule has 2 heterocycles. The molecule has 0 saturated carbocycles. The van der Waals surface area contributed by atoms with Crippen LogP contribution in [0.1, 0.15) is 20.8 Å². The first kappa shape index (κ1) is 15.2. The average Bonchev–Trinajstić information content (AvgIpc) is 2.79. The van der Waals surface area contributed by atoms with Crippen molar-refractivity contribution in [3.63, 3.8) is 0 Å². The molecule has 92 valence electrons. The third kappa shape index (κ3) is 3.27. The van der Waals surface area contributed by atoms with E-state index in [1.807, 2.05) is 21.6 Å². The van der Waals surface area contributed by atoms with Crippen LogP contribution >= 0.6 is 89.4 Å². The predicted molar refractivity (Wildman–Crippen MR) is 106 cm³/mol. The molecule has 0 amide bonds. The van der Waals surface area contributed by atoms with E-state index in [2.05, 4.69) is 99.6 Å². The van der Waals surface area contributed by atoms with Crippen LogP contribution in [0.25, 0.3) is 0 Å². The van der Waals surface area contributed by atoms with Crippen molar-refractivity contribution in [2.24, 2.45) is 10.4 Å². The molecule has 0 spiro atoms. The maximum Gasteiger partial charge on any atom is 0.116 e. The van der Waals surface area contributed by atoms with Crippen molar-refractivity contribution in [2.45, 2.75) is 20.8 Å². The molecule has 0 fully saturated rings. The molecule has 0 saturated heterocycles. The molecule has 0 N–H and O–H groups in total. The second kappa shape index (κ2) is 5.65. The van der Waals surface area contributed by atoms with Crippen LogP contribution in [0.5, 0.6) is 0 Å². The van der Waals surface area contributed by atoms with Crippen LogP contribution < -0.4 is 0 Å². The van der Waals surface area contributed by atoms with E-state index in [9.17, 15) is 0 Å². The Morgan fingerprint density at radius 2 is 1.71 bits per heavy atom. The summed E-state index contributed by atoms with van der Waals surface area (Å²) in [5.41, 5.74) is 1.38. The summed E-state index contributed by atoms with van der Waals surface area (Å²) < 4.78 is 3.66. The zero-order valence-corrected chi connectivity index (χ0v) is 17.6. The monoisotopic (exact) mass is 601 g/mol. The van der Waals surface area contributed by atoms with Gasteiger partial charge in [-0.3, -0.25) is 0 Å². The van der Waals surface area contributed by atoms with E-state index in [0.717, 1.165) is 9.42 Å². The van der Waals surface area contributed by atoms with Gasteiger partial charge in [-0.25, -0.2) is 4.99 Å². The Morgan fingerprint density at radius 3 is 2.12 bits per heavy atom. The zero-order chi connectivity index (χ0) is 12.8. The zero-order valence-electron chi connectivity index (χ0n) is 9.47. The number of halogens is 3. The van der Waals surface area contributed by atoms with E-state index >= 15 is 0 Å². The number of hydrogen-bond donors (Lipinski definition) is 0. The highest BCUT2D eigenvalue weighted by molar-refractivity contribution is 14.1. The molecular weight excluding hydrogens is 591 g/mol. The maximum atomic E-state index is 4.66. The van der Waals surface area contributed by atoms with Crippen molar-refractivity contribution in [1.82, 2.24) is 0 Å². The average molecular weight is 601 g/mol. The molecule has 2 aliphatic rings. The van der Waals surface area contributed by atoms with E-state index in [4.69, 9.17) is 0 Å². The van der Waals surface area contributed by atoms with Crippen molar-refractivity contribution in [2.75, 3.05) is 0 Å². The first-order valence-electron chi connectivity index (χ1n) is 4.92. The lowest BCUT2D eigenvalue weighted by molar-refractivity contribution is 0.534. The lowest BCUT2D eigenvalue weighted by Gasteiger charge is -2.17. The van der Waals surface area contributed by atoms with E-state index in [1.54, 1.807) is 0 Å². The van der Waals surface area contributed by atoms with Crippen LogP contribution in [0.4, 0.5) is 0 Å². The van der Waals surface area contributed by atoms with Crippen LogP contribution in [0.2, 0.25) is 0 Å². The molecule has 1 nitrogen and oxygen atoms in total. The molecule has 2 aliphatic heterocycles. The van der Waals surface area contributed by atoms with Crippen molar-refractivity contribution in [1.29, 1.82) is 0 Å². The summed E-state index contributed by atoms with van der Waals surface area (Å²) >= 11 is 7.07. The Morgan fingerprint density at radius 1 is 1.06 bits per heavy atom. The molecule has 0 aliphatic carbocycles. The highest BCUT2D eigenvalue weighted by Crippen LogP contribution is 2.54. The van der Waals surface area contributed by atoms with Crippen molar-refractivity contribution >= 4 is 93.1 Å². The summed E-state index contributed by atoms with van der Waals surface area (Å²) in [6.07, 6.45) is 2.30. The first-order chi connectivity index (χ1) is 7.80. The predicted octanol–water partition coefficient (Wildman–Crippen LogP) is 6.45. The SMILES string of the molecule is CC(C)(C)C1=C/C(=C2/N=C(I)C(I)=C2I)SS1. The largest absolute Gasteiger partial charge is 0.239 e. The molecule has 0 aromatic rings. The molecule has 0 unspecified atom stereocenters. The third-order valence-corrected chi connectivity index (χ3v) is 10.0. The summed E-state index contributed by atoms with van der Waals surface area (Å²) in [4.78, 5) is 7.39. The summed E-state index contributed by atoms with van der Waals surface area (Å²) in [6.45, 7) is 6.77. The van der Waals surface area contributed by atoms with E-state index in [-0.39, 0.29) is 5.41 Å². The van der Waals surface area contributed by atoms with Gasteiger partial charge >= 0.3 is 0 Å². The van der Waals surface area contributed by atoms with Gasteiger partial charge in [-0.05, 0) is 79.3 Å². The Hall–Kier alpha value is 1.78. The third-order valence-electron chi connectivity index (χ3n) is 2.25. The topological polar surface area (TPSA) is 12.4 Å². The molecule has 2 rings (SSSR count). The fourth-order valence-electron chi connectivity index (χ4n) is 1.26. The fourth-order valence-corrected chi connectivity index (χ4v) is 6.39. The quantitative estimate of drug-likeness (QED) is 0.234. The minimum atomic E-state index is 0.234. The molecule has 6 heteroatoms. The molecule has 17 heavy (non-hydrogen) atoms. The van der Waals surface area contributed by atoms with Crippen LogP contribution in [0, 0.1) is 5.41 Å². The second-order valence-electron chi connectivity index (χ2n) is 4.67. The van der Waals surface area contributed by atoms with E-state index in [0.29, 0.717) is 0 Å². The summed E-state index contributed by atoms with van der Waals surface area (Å²) in [5.74, 6) is 0. The number of hydrogen-bond acceptors (Lipinski definition) is 3. The van der Waals surface area contributed by atoms with Crippen molar-refractivity contribution in [3.05, 3.63) is 28.7 Å². The van der Waals surface area contributed by atoms with Gasteiger partial charge in [-0.1, -0.05) is 42.4 Å². The summed E-state index contributed by atoms with van der Waals surface area (Å²) in [7, 11) is 3.70. The molecule has 0 atom stereocenters. The van der Waals surface area contributed by atoms with Crippen LogP contribution in [0.3, 0.4) is 0 Å². The highest BCUT2D eigenvalue weighted by Gasteiger charge is 2.28. The van der Waals surface area contributed by atoms with Gasteiger partial charge in [0.25, 0.3) is 0 Å². The number of allylic oxidation sites excluding steroid dienone is 4. The Labute approximate surface area is 151 Å². The minimum absolute atomic E-state index is 0.234. The molecule has 0 radical (unpaired) electrons. The van der Waals surface area contributed by atoms with Crippen molar-refractivity contribution in [3.8, 4) is 0 Å². The minimum Gasteiger partial charge on any atom is -0.239 e. The van der Waals surface area contributed by atoms with Crippen molar-refractivity contribution < 1.29 is 0 Å². The van der Waals surface area contributed by atoms with E-state index in [1.165, 1.54) is 17.0 Å². The summed E-state index contributed by atoms with van der Waals surface area (Å²) in [6, 6.07) is 0. The molecule has 0 bridgehead atoms. The van der Waals surface area contributed by atoms with Crippen LogP contribution in [0.15, 0.2) is 33.7 Å². The number of aliphatic imine (C=N–C) groups is 1. The fraction of sp³-hybridized carbons (Fsp3) is 0.364. The number of nitrogens with zero attached hydrogens (tertiary/aromatic N) is 1. The lowest BCUT2D eigenvalue weighted by Crippen LogP contribution is -2.04. The highest BCUT2D eigenvalue weighted by atomic mass is 127. The van der Waals surface area contributed by atoms with Gasteiger partial charge in [0.15, 0.2) is 0 Å². The molecule has 0 aromatic carbocycles. The lowest BCUT2D eigenvalue weighted by atomic mass is 9.95. The van der Waals surface area contributed by atoms with Gasteiger partial charge in [0.05, 0.1) is 12.9 Å². The normalized spacial score (nSPS) is 25.5. The Balaban J connectivity index is 2.43. The van der Waals surface area contributed by atoms with Gasteiger partial charge in [0, 0.05) is 9.81 Å². The second-order valence-corrected chi connectivity index (χ2v) is 10.1. The maximum absolute atomic E-state index is 4.66. The molecular formula is C11H10I3NS2. The molecule has 0 aromatic heterocycles. The Bertz CT molecular complexity index is 495. The van der Waals surface area contributed by atoms with Gasteiger partial charge in [0.2, 0.25) is 0 Å². The number of rotatable bonds is 0. The first-order valence-corrected chi connectivity index (χ1v) is 10.3. The van der Waals surface area contributed by atoms with Gasteiger partial charge in [-0.15, -0.1) is 0 Å². The standard InChI is InChI=1S/C11H10I3NS2/c1-11(2,3)6-4-5(16-17-6)9-7(12)8(13)10(14)15-9/h4H,1-3H3/b9-5-. The van der Waals surface area contributed by atoms with E-state index < -0.39 is 0 Å². The van der Waals surface area contributed by atoms with Crippen LogP contribution in [-0.4, -0.2) is 3.72 Å². The summed E-state index contributed by atoms with van der Waals surface area (Å²) in [5, 5.41) is 0. The van der Waals surface area contributed by atoms with Crippen LogP contribution in [-0.2, 0) is 0 Å². The smallest absolute Gasteiger partial charge is 0.116 e.